The van der Waals surface area contributed by atoms with Crippen LogP contribution in [-0.4, -0.2) is 23.4 Å². The van der Waals surface area contributed by atoms with Crippen molar-refractivity contribution in [1.29, 1.82) is 5.26 Å². The van der Waals surface area contributed by atoms with E-state index in [4.69, 9.17) is 10.00 Å². The highest BCUT2D eigenvalue weighted by molar-refractivity contribution is 6.04. The lowest BCUT2D eigenvalue weighted by atomic mass is 10.1. The third-order valence-electron chi connectivity index (χ3n) is 4.32. The number of hydrogen-bond donors (Lipinski definition) is 1. The van der Waals surface area contributed by atoms with E-state index in [-0.39, 0.29) is 11.8 Å². The second-order valence-corrected chi connectivity index (χ2v) is 6.95. The molecular formula is C21H21N3O3. The average Bonchev–Trinajstić information content (AvgIpc) is 3.05. The van der Waals surface area contributed by atoms with E-state index in [1.165, 1.54) is 4.90 Å². The standard InChI is InChI=1S/C21H21N3O3/c1-21(2,14-22)23-20(26)18-12-13-19(25)24(18)15-8-10-17(11-9-15)27-16-6-4-3-5-7-16/h3-11,18H,12-13H2,1-2H3,(H,23,26). The molecule has 138 valence electrons. The van der Waals surface area contributed by atoms with Gasteiger partial charge in [-0.2, -0.15) is 5.26 Å². The minimum Gasteiger partial charge on any atom is -0.457 e. The van der Waals surface area contributed by atoms with Crippen LogP contribution in [0.1, 0.15) is 26.7 Å². The maximum atomic E-state index is 12.6. The number of nitrogens with one attached hydrogen (secondary N) is 1. The summed E-state index contributed by atoms with van der Waals surface area (Å²) in [5, 5.41) is 11.8. The predicted octanol–water partition coefficient (Wildman–Crippen LogP) is 3.39. The zero-order valence-electron chi connectivity index (χ0n) is 15.3. The van der Waals surface area contributed by atoms with Crippen LogP contribution >= 0.6 is 0 Å². The highest BCUT2D eigenvalue weighted by atomic mass is 16.5. The maximum Gasteiger partial charge on any atom is 0.244 e. The maximum absolute atomic E-state index is 12.6. The summed E-state index contributed by atoms with van der Waals surface area (Å²) < 4.78 is 5.76. The Labute approximate surface area is 158 Å². The van der Waals surface area contributed by atoms with Crippen LogP contribution in [0.3, 0.4) is 0 Å². The molecule has 0 saturated carbocycles. The van der Waals surface area contributed by atoms with Gasteiger partial charge in [-0.15, -0.1) is 0 Å². The van der Waals surface area contributed by atoms with Crippen molar-refractivity contribution in [3.05, 3.63) is 54.6 Å². The molecule has 0 radical (unpaired) electrons. The summed E-state index contributed by atoms with van der Waals surface area (Å²) in [6, 6.07) is 17.9. The molecule has 1 heterocycles. The number of anilines is 1. The Bertz CT molecular complexity index is 870. The second-order valence-electron chi connectivity index (χ2n) is 6.95. The van der Waals surface area contributed by atoms with Crippen molar-refractivity contribution in [2.24, 2.45) is 0 Å². The first-order valence-corrected chi connectivity index (χ1v) is 8.78. The van der Waals surface area contributed by atoms with E-state index in [9.17, 15) is 9.59 Å². The van der Waals surface area contributed by atoms with Gasteiger partial charge in [0.1, 0.15) is 23.1 Å². The van der Waals surface area contributed by atoms with Gasteiger partial charge in [0.15, 0.2) is 0 Å². The van der Waals surface area contributed by atoms with Crippen LogP contribution in [0.2, 0.25) is 0 Å². The highest BCUT2D eigenvalue weighted by Crippen LogP contribution is 2.30. The molecule has 2 aromatic carbocycles. The molecule has 1 saturated heterocycles. The number of carbonyl (C=O) groups is 2. The number of nitriles is 1. The minimum atomic E-state index is -0.984. The molecule has 1 atom stereocenters. The number of amides is 2. The van der Waals surface area contributed by atoms with Crippen LogP contribution in [0, 0.1) is 11.3 Å². The topological polar surface area (TPSA) is 82.4 Å². The van der Waals surface area contributed by atoms with Gasteiger partial charge in [-0.05, 0) is 56.7 Å². The van der Waals surface area contributed by atoms with Gasteiger partial charge in [0.05, 0.1) is 6.07 Å². The fraction of sp³-hybridized carbons (Fsp3) is 0.286. The molecule has 1 unspecified atom stereocenters. The molecule has 1 aliphatic heterocycles. The van der Waals surface area contributed by atoms with Crippen LogP contribution in [0.4, 0.5) is 5.69 Å². The fourth-order valence-corrected chi connectivity index (χ4v) is 2.97. The number of hydrogen-bond acceptors (Lipinski definition) is 4. The van der Waals surface area contributed by atoms with Crippen LogP contribution in [0.25, 0.3) is 0 Å². The highest BCUT2D eigenvalue weighted by Gasteiger charge is 2.38. The number of para-hydroxylation sites is 1. The second kappa shape index (κ2) is 7.50. The molecule has 3 rings (SSSR count). The van der Waals surface area contributed by atoms with E-state index < -0.39 is 11.6 Å². The smallest absolute Gasteiger partial charge is 0.244 e. The lowest BCUT2D eigenvalue weighted by Gasteiger charge is -2.27. The summed E-state index contributed by atoms with van der Waals surface area (Å²) in [6.45, 7) is 3.25. The van der Waals surface area contributed by atoms with Crippen molar-refractivity contribution < 1.29 is 14.3 Å². The van der Waals surface area contributed by atoms with Gasteiger partial charge in [0.2, 0.25) is 11.8 Å². The lowest BCUT2D eigenvalue weighted by molar-refractivity contribution is -0.124. The zero-order valence-corrected chi connectivity index (χ0v) is 15.3. The van der Waals surface area contributed by atoms with Gasteiger partial charge in [0, 0.05) is 12.1 Å². The van der Waals surface area contributed by atoms with Crippen LogP contribution in [0.5, 0.6) is 11.5 Å². The lowest BCUT2D eigenvalue weighted by Crippen LogP contribution is -2.51. The molecule has 0 bridgehead atoms. The zero-order chi connectivity index (χ0) is 19.4. The average molecular weight is 363 g/mol. The van der Waals surface area contributed by atoms with Gasteiger partial charge >= 0.3 is 0 Å². The molecule has 0 spiro atoms. The summed E-state index contributed by atoms with van der Waals surface area (Å²) in [4.78, 5) is 26.4. The third kappa shape index (κ3) is 4.26. The first-order chi connectivity index (χ1) is 12.9. The summed E-state index contributed by atoms with van der Waals surface area (Å²) >= 11 is 0. The molecule has 27 heavy (non-hydrogen) atoms. The first-order valence-electron chi connectivity index (χ1n) is 8.78. The molecule has 1 fully saturated rings. The molecule has 2 amide bonds. The van der Waals surface area contributed by atoms with E-state index in [1.54, 1.807) is 38.1 Å². The largest absolute Gasteiger partial charge is 0.457 e. The SMILES string of the molecule is CC(C)(C#N)NC(=O)C1CCC(=O)N1c1ccc(Oc2ccccc2)cc1. The normalized spacial score (nSPS) is 16.7. The first kappa shape index (κ1) is 18.5. The van der Waals surface area contributed by atoms with Gasteiger partial charge in [-0.3, -0.25) is 14.5 Å². The Morgan fingerprint density at radius 2 is 1.78 bits per heavy atom. The number of benzene rings is 2. The van der Waals surface area contributed by atoms with Gasteiger partial charge in [0.25, 0.3) is 0 Å². The van der Waals surface area contributed by atoms with Crippen molar-refractivity contribution in [3.8, 4) is 17.6 Å². The number of rotatable bonds is 5. The van der Waals surface area contributed by atoms with Crippen LogP contribution in [0.15, 0.2) is 54.6 Å². The molecule has 0 aliphatic carbocycles. The van der Waals surface area contributed by atoms with E-state index in [2.05, 4.69) is 5.32 Å². The number of nitrogens with zero attached hydrogens (tertiary/aromatic N) is 2. The molecular weight excluding hydrogens is 342 g/mol. The van der Waals surface area contributed by atoms with Crippen LogP contribution in [-0.2, 0) is 9.59 Å². The van der Waals surface area contributed by atoms with Gasteiger partial charge < -0.3 is 10.1 Å². The van der Waals surface area contributed by atoms with Crippen LogP contribution < -0.4 is 15.0 Å². The van der Waals surface area contributed by atoms with Crippen molar-refractivity contribution in [2.75, 3.05) is 4.90 Å². The van der Waals surface area contributed by atoms with Crippen molar-refractivity contribution in [2.45, 2.75) is 38.3 Å². The molecule has 1 N–H and O–H groups in total. The quantitative estimate of drug-likeness (QED) is 0.883. The van der Waals surface area contributed by atoms with E-state index in [1.807, 2.05) is 36.4 Å². The molecule has 6 heteroatoms. The third-order valence-corrected chi connectivity index (χ3v) is 4.32. The molecule has 2 aromatic rings. The summed E-state index contributed by atoms with van der Waals surface area (Å²) in [5.41, 5.74) is -0.352. The molecule has 6 nitrogen and oxygen atoms in total. The van der Waals surface area contributed by atoms with E-state index >= 15 is 0 Å². The number of carbonyl (C=O) groups excluding carboxylic acids is 2. The van der Waals surface area contributed by atoms with Crippen molar-refractivity contribution in [3.63, 3.8) is 0 Å². The minimum absolute atomic E-state index is 0.110. The van der Waals surface area contributed by atoms with Gasteiger partial charge in [-0.1, -0.05) is 18.2 Å². The molecule has 0 aromatic heterocycles. The summed E-state index contributed by atoms with van der Waals surface area (Å²) in [7, 11) is 0. The Hall–Kier alpha value is -3.33. The van der Waals surface area contributed by atoms with E-state index in [0.717, 1.165) is 5.75 Å². The summed E-state index contributed by atoms with van der Waals surface area (Å²) in [5.74, 6) is 0.931. The summed E-state index contributed by atoms with van der Waals surface area (Å²) in [6.07, 6.45) is 0.724. The Morgan fingerprint density at radius 3 is 2.41 bits per heavy atom. The van der Waals surface area contributed by atoms with Crippen molar-refractivity contribution >= 4 is 17.5 Å². The van der Waals surface area contributed by atoms with Crippen molar-refractivity contribution in [1.82, 2.24) is 5.32 Å². The van der Waals surface area contributed by atoms with Gasteiger partial charge in [-0.25, -0.2) is 0 Å². The number of ether oxygens (including phenoxy) is 1. The monoisotopic (exact) mass is 363 g/mol. The van der Waals surface area contributed by atoms with E-state index in [0.29, 0.717) is 24.3 Å². The Kier molecular flexibility index (Phi) is 5.13. The predicted molar refractivity (Wildman–Crippen MR) is 101 cm³/mol. The Balaban J connectivity index is 1.76. The Morgan fingerprint density at radius 1 is 1.15 bits per heavy atom. The fourth-order valence-electron chi connectivity index (χ4n) is 2.97. The molecule has 1 aliphatic rings.